The summed E-state index contributed by atoms with van der Waals surface area (Å²) in [5, 5.41) is 3.07. The van der Waals surface area contributed by atoms with Gasteiger partial charge in [-0.05, 0) is 19.4 Å². The van der Waals surface area contributed by atoms with Crippen molar-refractivity contribution in [3.05, 3.63) is 0 Å². The number of carbonyl (C=O) groups excluding carboxylic acids is 1. The molecule has 1 rings (SSSR count). The van der Waals surface area contributed by atoms with Crippen molar-refractivity contribution in [1.29, 1.82) is 0 Å². The second-order valence-corrected chi connectivity index (χ2v) is 2.91. The van der Waals surface area contributed by atoms with Gasteiger partial charge in [0.1, 0.15) is 5.54 Å². The van der Waals surface area contributed by atoms with Crippen LogP contribution in [0.5, 0.6) is 0 Å². The predicted molar refractivity (Wildman–Crippen MR) is 41.0 cm³/mol. The first-order chi connectivity index (χ1) is 5.21. The third-order valence-corrected chi connectivity index (χ3v) is 2.11. The van der Waals surface area contributed by atoms with E-state index in [2.05, 4.69) is 5.32 Å². The van der Waals surface area contributed by atoms with Crippen LogP contribution in [0.2, 0.25) is 0 Å². The number of nitrogens with one attached hydrogen (secondary N) is 1. The lowest BCUT2D eigenvalue weighted by Crippen LogP contribution is -2.54. The van der Waals surface area contributed by atoms with Gasteiger partial charge in [-0.1, -0.05) is 0 Å². The Kier molecular flexibility index (Phi) is 2.46. The molecule has 0 saturated carbocycles. The summed E-state index contributed by atoms with van der Waals surface area (Å²) in [6, 6.07) is 0. The Balaban J connectivity index is 2.62. The highest BCUT2D eigenvalue weighted by molar-refractivity contribution is 5.85. The average Bonchev–Trinajstić information content (AvgIpc) is 2.38. The molecule has 3 N–H and O–H groups in total. The van der Waals surface area contributed by atoms with Crippen molar-refractivity contribution in [2.24, 2.45) is 5.73 Å². The fourth-order valence-electron chi connectivity index (χ4n) is 1.46. The summed E-state index contributed by atoms with van der Waals surface area (Å²) < 4.78 is 4.93. The number of methoxy groups -OCH3 is 1. The minimum atomic E-state index is -0.589. The summed E-state index contributed by atoms with van der Waals surface area (Å²) in [6.07, 6.45) is 1.78. The lowest BCUT2D eigenvalue weighted by molar-refractivity contribution is -0.125. The highest BCUT2D eigenvalue weighted by atomic mass is 16.5. The van der Waals surface area contributed by atoms with Crippen LogP contribution >= 0.6 is 0 Å². The summed E-state index contributed by atoms with van der Waals surface area (Å²) in [6.45, 7) is 1.23. The molecule has 0 bridgehead atoms. The van der Waals surface area contributed by atoms with E-state index in [4.69, 9.17) is 10.5 Å². The van der Waals surface area contributed by atoms with Gasteiger partial charge in [-0.3, -0.25) is 4.79 Å². The zero-order valence-corrected chi connectivity index (χ0v) is 6.72. The number of nitrogens with two attached hydrogens (primary N) is 1. The molecular weight excluding hydrogens is 144 g/mol. The van der Waals surface area contributed by atoms with E-state index in [1.165, 1.54) is 0 Å². The van der Waals surface area contributed by atoms with Crippen LogP contribution in [0.25, 0.3) is 0 Å². The van der Waals surface area contributed by atoms with Crippen LogP contribution in [0.4, 0.5) is 0 Å². The first-order valence-corrected chi connectivity index (χ1v) is 3.75. The molecule has 1 fully saturated rings. The Labute approximate surface area is 66.1 Å². The van der Waals surface area contributed by atoms with Crippen LogP contribution in [-0.4, -0.2) is 31.7 Å². The molecule has 0 aromatic rings. The summed E-state index contributed by atoms with van der Waals surface area (Å²) in [7, 11) is 1.57. The number of carbonyl (C=O) groups is 1. The van der Waals surface area contributed by atoms with Gasteiger partial charge in [-0.2, -0.15) is 0 Å². The Morgan fingerprint density at radius 3 is 2.91 bits per heavy atom. The quantitative estimate of drug-likeness (QED) is 0.567. The topological polar surface area (TPSA) is 64.3 Å². The average molecular weight is 158 g/mol. The van der Waals surface area contributed by atoms with Crippen molar-refractivity contribution in [3.8, 4) is 0 Å². The van der Waals surface area contributed by atoms with Crippen LogP contribution in [0.1, 0.15) is 12.8 Å². The molecule has 0 aliphatic carbocycles. The molecule has 4 heteroatoms. The maximum atomic E-state index is 11.0. The molecule has 1 saturated heterocycles. The summed E-state index contributed by atoms with van der Waals surface area (Å²) >= 11 is 0. The molecular formula is C7H14N2O2. The molecule has 4 nitrogen and oxygen atoms in total. The van der Waals surface area contributed by atoms with E-state index >= 15 is 0 Å². The zero-order chi connectivity index (χ0) is 8.32. The van der Waals surface area contributed by atoms with E-state index in [1.807, 2.05) is 0 Å². The lowest BCUT2D eigenvalue weighted by Gasteiger charge is -2.24. The molecule has 1 heterocycles. The van der Waals surface area contributed by atoms with Crippen molar-refractivity contribution in [2.75, 3.05) is 20.3 Å². The lowest BCUT2D eigenvalue weighted by atomic mass is 9.98. The van der Waals surface area contributed by atoms with E-state index < -0.39 is 5.54 Å². The Morgan fingerprint density at radius 1 is 1.82 bits per heavy atom. The van der Waals surface area contributed by atoms with Gasteiger partial charge in [0, 0.05) is 7.11 Å². The van der Waals surface area contributed by atoms with Crippen LogP contribution in [-0.2, 0) is 9.53 Å². The van der Waals surface area contributed by atoms with E-state index in [0.717, 1.165) is 19.4 Å². The number of ether oxygens (including phenoxy) is 1. The third-order valence-electron chi connectivity index (χ3n) is 2.11. The van der Waals surface area contributed by atoms with Crippen LogP contribution in [0.3, 0.4) is 0 Å². The highest BCUT2D eigenvalue weighted by Crippen LogP contribution is 2.18. The molecule has 0 spiro atoms. The van der Waals surface area contributed by atoms with Gasteiger partial charge in [-0.25, -0.2) is 0 Å². The van der Waals surface area contributed by atoms with Gasteiger partial charge in [0.2, 0.25) is 5.91 Å². The maximum absolute atomic E-state index is 11.0. The van der Waals surface area contributed by atoms with E-state index in [1.54, 1.807) is 7.11 Å². The normalized spacial score (nSPS) is 30.6. The Morgan fingerprint density at radius 2 is 2.55 bits per heavy atom. The van der Waals surface area contributed by atoms with Crippen LogP contribution < -0.4 is 11.1 Å². The summed E-state index contributed by atoms with van der Waals surface area (Å²) in [5.74, 6) is -0.308. The van der Waals surface area contributed by atoms with Gasteiger partial charge in [-0.15, -0.1) is 0 Å². The molecule has 0 radical (unpaired) electrons. The smallest absolute Gasteiger partial charge is 0.240 e. The number of hydrogen-bond donors (Lipinski definition) is 2. The minimum Gasteiger partial charge on any atom is -0.382 e. The number of amides is 1. The summed E-state index contributed by atoms with van der Waals surface area (Å²) in [5.41, 5.74) is 4.65. The van der Waals surface area contributed by atoms with Gasteiger partial charge in [0.05, 0.1) is 6.61 Å². The second-order valence-electron chi connectivity index (χ2n) is 2.91. The molecule has 1 aliphatic heterocycles. The maximum Gasteiger partial charge on any atom is 0.240 e. The highest BCUT2D eigenvalue weighted by Gasteiger charge is 2.39. The van der Waals surface area contributed by atoms with Crippen molar-refractivity contribution >= 4 is 5.91 Å². The molecule has 1 atom stereocenters. The zero-order valence-electron chi connectivity index (χ0n) is 6.72. The number of rotatable bonds is 3. The van der Waals surface area contributed by atoms with Crippen LogP contribution in [0, 0.1) is 0 Å². The SMILES string of the molecule is COCC1(C(N)=O)CCCN1. The number of hydrogen-bond acceptors (Lipinski definition) is 3. The Bertz CT molecular complexity index is 153. The fourth-order valence-corrected chi connectivity index (χ4v) is 1.46. The molecule has 11 heavy (non-hydrogen) atoms. The van der Waals surface area contributed by atoms with Crippen LogP contribution in [0.15, 0.2) is 0 Å². The van der Waals surface area contributed by atoms with Gasteiger partial charge < -0.3 is 15.8 Å². The van der Waals surface area contributed by atoms with Gasteiger partial charge >= 0.3 is 0 Å². The van der Waals surface area contributed by atoms with E-state index in [-0.39, 0.29) is 5.91 Å². The van der Waals surface area contributed by atoms with E-state index in [0.29, 0.717) is 6.61 Å². The van der Waals surface area contributed by atoms with Crippen molar-refractivity contribution in [2.45, 2.75) is 18.4 Å². The number of primary amides is 1. The third kappa shape index (κ3) is 1.52. The molecule has 1 unspecified atom stereocenters. The summed E-state index contributed by atoms with van der Waals surface area (Å²) in [4.78, 5) is 11.0. The largest absolute Gasteiger partial charge is 0.382 e. The van der Waals surface area contributed by atoms with Crippen molar-refractivity contribution in [1.82, 2.24) is 5.32 Å². The first-order valence-electron chi connectivity index (χ1n) is 3.75. The van der Waals surface area contributed by atoms with Crippen molar-refractivity contribution < 1.29 is 9.53 Å². The Hall–Kier alpha value is -0.610. The molecule has 1 amide bonds. The molecule has 0 aromatic heterocycles. The predicted octanol–water partition coefficient (Wildman–Crippen LogP) is -0.760. The minimum absolute atomic E-state index is 0.308. The molecule has 64 valence electrons. The monoisotopic (exact) mass is 158 g/mol. The standard InChI is InChI=1S/C7H14N2O2/c1-11-5-7(6(8)10)3-2-4-9-7/h9H,2-5H2,1H3,(H2,8,10). The second kappa shape index (κ2) is 3.19. The van der Waals surface area contributed by atoms with Gasteiger partial charge in [0.25, 0.3) is 0 Å². The van der Waals surface area contributed by atoms with E-state index in [9.17, 15) is 4.79 Å². The molecule has 0 aromatic carbocycles. The van der Waals surface area contributed by atoms with Crippen molar-refractivity contribution in [3.63, 3.8) is 0 Å². The first kappa shape index (κ1) is 8.49. The fraction of sp³-hybridized carbons (Fsp3) is 0.857. The van der Waals surface area contributed by atoms with Gasteiger partial charge in [0.15, 0.2) is 0 Å². The molecule has 1 aliphatic rings.